The van der Waals surface area contributed by atoms with Crippen LogP contribution in [0.3, 0.4) is 0 Å². The third-order valence-electron chi connectivity index (χ3n) is 3.80. The summed E-state index contributed by atoms with van der Waals surface area (Å²) >= 11 is 0. The molecule has 0 aliphatic heterocycles. The summed E-state index contributed by atoms with van der Waals surface area (Å²) in [5, 5.41) is 0. The summed E-state index contributed by atoms with van der Waals surface area (Å²) < 4.78 is 54.0. The predicted octanol–water partition coefficient (Wildman–Crippen LogP) is 4.72. The lowest BCUT2D eigenvalue weighted by Crippen LogP contribution is -2.38. The van der Waals surface area contributed by atoms with Crippen LogP contribution in [0.15, 0.2) is 36.4 Å². The maximum Gasteiger partial charge on any atom is 0.263 e. The van der Waals surface area contributed by atoms with Crippen LogP contribution < -0.4 is 0 Å². The van der Waals surface area contributed by atoms with Gasteiger partial charge in [0.15, 0.2) is 0 Å². The minimum absolute atomic E-state index is 0.0703. The van der Waals surface area contributed by atoms with Crippen LogP contribution in [0, 0.1) is 23.3 Å². The summed E-state index contributed by atoms with van der Waals surface area (Å²) in [4.78, 5) is 25.9. The molecule has 3 nitrogen and oxygen atoms in total. The quantitative estimate of drug-likeness (QED) is 0.421. The smallest absolute Gasteiger partial charge is 0.263 e. The van der Waals surface area contributed by atoms with Crippen molar-refractivity contribution in [3.8, 4) is 0 Å². The molecule has 0 aliphatic carbocycles. The van der Waals surface area contributed by atoms with E-state index in [0.29, 0.717) is 29.9 Å². The van der Waals surface area contributed by atoms with Gasteiger partial charge in [-0.15, -0.1) is 0 Å². The Bertz CT molecular complexity index is 760. The zero-order valence-corrected chi connectivity index (χ0v) is 14.1. The summed E-state index contributed by atoms with van der Waals surface area (Å²) in [6, 6.07) is 4.69. The highest BCUT2D eigenvalue weighted by atomic mass is 19.1. The van der Waals surface area contributed by atoms with Gasteiger partial charge in [-0.1, -0.05) is 19.8 Å². The number of benzene rings is 2. The number of halogens is 4. The lowest BCUT2D eigenvalue weighted by molar-refractivity contribution is 0.0608. The van der Waals surface area contributed by atoms with Crippen LogP contribution in [-0.4, -0.2) is 23.3 Å². The molecule has 138 valence electrons. The molecule has 0 heterocycles. The van der Waals surface area contributed by atoms with Crippen molar-refractivity contribution in [2.75, 3.05) is 6.54 Å². The zero-order chi connectivity index (χ0) is 19.3. The van der Waals surface area contributed by atoms with Crippen molar-refractivity contribution in [2.24, 2.45) is 0 Å². The number of imide groups is 1. The van der Waals surface area contributed by atoms with Gasteiger partial charge in [0.2, 0.25) is 0 Å². The first-order valence-electron chi connectivity index (χ1n) is 8.11. The van der Waals surface area contributed by atoms with Gasteiger partial charge in [-0.05, 0) is 30.7 Å². The molecule has 2 amide bonds. The molecule has 0 N–H and O–H groups in total. The second-order valence-electron chi connectivity index (χ2n) is 5.72. The number of nitrogens with zero attached hydrogens (tertiary/aromatic N) is 1. The Labute approximate surface area is 148 Å². The van der Waals surface area contributed by atoms with Crippen LogP contribution in [-0.2, 0) is 0 Å². The highest BCUT2D eigenvalue weighted by Crippen LogP contribution is 2.18. The number of unbranched alkanes of at least 4 members (excludes halogenated alkanes) is 2. The maximum absolute atomic E-state index is 13.9. The number of carbonyl (C=O) groups is 2. The number of carbonyl (C=O) groups excluding carboxylic acids is 2. The van der Waals surface area contributed by atoms with Crippen molar-refractivity contribution in [2.45, 2.75) is 26.2 Å². The van der Waals surface area contributed by atoms with E-state index in [1.165, 1.54) is 0 Å². The number of amides is 2. The second-order valence-corrected chi connectivity index (χ2v) is 5.72. The molecule has 26 heavy (non-hydrogen) atoms. The molecule has 2 aromatic rings. The van der Waals surface area contributed by atoms with Crippen LogP contribution in [0.1, 0.15) is 46.9 Å². The summed E-state index contributed by atoms with van der Waals surface area (Å²) in [6.45, 7) is 1.84. The first kappa shape index (κ1) is 19.6. The largest absolute Gasteiger partial charge is 0.274 e. The highest BCUT2D eigenvalue weighted by molar-refractivity contribution is 6.10. The van der Waals surface area contributed by atoms with E-state index >= 15 is 0 Å². The van der Waals surface area contributed by atoms with Gasteiger partial charge in [-0.3, -0.25) is 14.5 Å². The Morgan fingerprint density at radius 3 is 1.65 bits per heavy atom. The molecule has 0 saturated carbocycles. The molecule has 0 aromatic heterocycles. The predicted molar refractivity (Wildman–Crippen MR) is 87.6 cm³/mol. The molecule has 0 saturated heterocycles. The van der Waals surface area contributed by atoms with Gasteiger partial charge in [0.1, 0.15) is 23.3 Å². The van der Waals surface area contributed by atoms with Crippen molar-refractivity contribution in [1.29, 1.82) is 0 Å². The van der Waals surface area contributed by atoms with Crippen molar-refractivity contribution < 1.29 is 27.2 Å². The molecule has 0 unspecified atom stereocenters. The molecule has 2 aromatic carbocycles. The van der Waals surface area contributed by atoms with E-state index in [-0.39, 0.29) is 6.54 Å². The van der Waals surface area contributed by atoms with Gasteiger partial charge in [0.25, 0.3) is 11.8 Å². The fraction of sp³-hybridized carbons (Fsp3) is 0.263. The fourth-order valence-electron chi connectivity index (χ4n) is 2.43. The topological polar surface area (TPSA) is 37.4 Å². The SMILES string of the molecule is CCCCCN(C(=O)c1ccc(F)cc1F)C(=O)c1ccc(F)cc1F. The molecular weight excluding hydrogens is 350 g/mol. The minimum Gasteiger partial charge on any atom is -0.274 e. The maximum atomic E-state index is 13.9. The third-order valence-corrected chi connectivity index (χ3v) is 3.80. The summed E-state index contributed by atoms with van der Waals surface area (Å²) in [7, 11) is 0. The van der Waals surface area contributed by atoms with Gasteiger partial charge in [0.05, 0.1) is 11.1 Å². The van der Waals surface area contributed by atoms with E-state index in [9.17, 15) is 27.2 Å². The minimum atomic E-state index is -1.12. The Balaban J connectivity index is 2.38. The van der Waals surface area contributed by atoms with E-state index in [1.807, 2.05) is 6.92 Å². The lowest BCUT2D eigenvalue weighted by atomic mass is 10.1. The van der Waals surface area contributed by atoms with Crippen molar-refractivity contribution in [1.82, 2.24) is 4.90 Å². The normalized spacial score (nSPS) is 10.7. The third kappa shape index (κ3) is 4.47. The zero-order valence-electron chi connectivity index (χ0n) is 14.1. The fourth-order valence-corrected chi connectivity index (χ4v) is 2.43. The molecular formula is C19H17F4NO2. The average Bonchev–Trinajstić information content (AvgIpc) is 2.58. The summed E-state index contributed by atoms with van der Waals surface area (Å²) in [5.74, 6) is -6.00. The standard InChI is InChI=1S/C19H17F4NO2/c1-2-3-4-9-24(18(25)14-7-5-12(20)10-16(14)22)19(26)15-8-6-13(21)11-17(15)23/h5-8,10-11H,2-4,9H2,1H3. The van der Waals surface area contributed by atoms with Gasteiger partial charge in [0, 0.05) is 18.7 Å². The van der Waals surface area contributed by atoms with Crippen molar-refractivity contribution in [3.05, 3.63) is 70.8 Å². The van der Waals surface area contributed by atoms with Gasteiger partial charge in [-0.2, -0.15) is 0 Å². The Hall–Kier alpha value is -2.70. The molecule has 7 heteroatoms. The summed E-state index contributed by atoms with van der Waals surface area (Å²) in [5.41, 5.74) is -1.00. The van der Waals surface area contributed by atoms with E-state index in [2.05, 4.69) is 0 Å². The molecule has 0 fully saturated rings. The molecule has 0 spiro atoms. The van der Waals surface area contributed by atoms with Crippen LogP contribution in [0.5, 0.6) is 0 Å². The van der Waals surface area contributed by atoms with Crippen LogP contribution in [0.2, 0.25) is 0 Å². The molecule has 0 atom stereocenters. The monoisotopic (exact) mass is 367 g/mol. The first-order chi connectivity index (χ1) is 12.3. The van der Waals surface area contributed by atoms with Crippen molar-refractivity contribution in [3.63, 3.8) is 0 Å². The molecule has 0 radical (unpaired) electrons. The van der Waals surface area contributed by atoms with Crippen LogP contribution >= 0.6 is 0 Å². The van der Waals surface area contributed by atoms with Crippen LogP contribution in [0.25, 0.3) is 0 Å². The molecule has 2 rings (SSSR count). The lowest BCUT2D eigenvalue weighted by Gasteiger charge is -2.21. The Morgan fingerprint density at radius 1 is 0.808 bits per heavy atom. The molecule has 0 aliphatic rings. The van der Waals surface area contributed by atoms with E-state index in [4.69, 9.17) is 0 Å². The van der Waals surface area contributed by atoms with E-state index in [1.54, 1.807) is 0 Å². The van der Waals surface area contributed by atoms with Crippen molar-refractivity contribution >= 4 is 11.8 Å². The summed E-state index contributed by atoms with van der Waals surface area (Å²) in [6.07, 6.45) is 1.92. The number of hydrogen-bond acceptors (Lipinski definition) is 2. The Morgan fingerprint density at radius 2 is 1.27 bits per heavy atom. The second kappa shape index (κ2) is 8.60. The average molecular weight is 367 g/mol. The number of rotatable bonds is 6. The van der Waals surface area contributed by atoms with E-state index in [0.717, 1.165) is 30.7 Å². The van der Waals surface area contributed by atoms with Gasteiger partial charge < -0.3 is 0 Å². The van der Waals surface area contributed by atoms with E-state index < -0.39 is 46.2 Å². The molecule has 0 bridgehead atoms. The van der Waals surface area contributed by atoms with Gasteiger partial charge in [-0.25, -0.2) is 17.6 Å². The Kier molecular flexibility index (Phi) is 6.49. The van der Waals surface area contributed by atoms with Gasteiger partial charge >= 0.3 is 0 Å². The number of hydrogen-bond donors (Lipinski definition) is 0. The highest BCUT2D eigenvalue weighted by Gasteiger charge is 2.28. The van der Waals surface area contributed by atoms with Crippen LogP contribution in [0.4, 0.5) is 17.6 Å². The first-order valence-corrected chi connectivity index (χ1v) is 8.11.